The fraction of sp³-hybridized carbons (Fsp3) is 0.0870. The zero-order valence-corrected chi connectivity index (χ0v) is 18.1. The smallest absolute Gasteiger partial charge is 0.257 e. The molecule has 4 rings (SSSR count). The number of hydrogen-bond acceptors (Lipinski definition) is 5. The van der Waals surface area contributed by atoms with Crippen molar-refractivity contribution >= 4 is 29.1 Å². The van der Waals surface area contributed by atoms with E-state index in [1.54, 1.807) is 56.6 Å². The fourth-order valence-corrected chi connectivity index (χ4v) is 3.46. The van der Waals surface area contributed by atoms with E-state index in [1.807, 2.05) is 24.3 Å². The van der Waals surface area contributed by atoms with Crippen LogP contribution in [0.25, 0.3) is 22.5 Å². The van der Waals surface area contributed by atoms with Crippen LogP contribution in [0.1, 0.15) is 20.7 Å². The topological polar surface area (TPSA) is 104 Å². The summed E-state index contributed by atoms with van der Waals surface area (Å²) in [5, 5.41) is 17.2. The highest BCUT2D eigenvalue weighted by Crippen LogP contribution is 2.32. The van der Waals surface area contributed by atoms with Gasteiger partial charge in [0.1, 0.15) is 0 Å². The monoisotopic (exact) mass is 446 g/mol. The molecule has 160 valence electrons. The molecule has 0 saturated carbocycles. The second-order valence-electron chi connectivity index (χ2n) is 7.22. The number of tetrazole rings is 1. The summed E-state index contributed by atoms with van der Waals surface area (Å²) in [5.41, 5.74) is 3.60. The summed E-state index contributed by atoms with van der Waals surface area (Å²) < 4.78 is 0. The first-order chi connectivity index (χ1) is 15.4. The summed E-state index contributed by atoms with van der Waals surface area (Å²) in [6.07, 6.45) is 0. The molecule has 3 aromatic carbocycles. The molecule has 1 heterocycles. The molecule has 2 N–H and O–H groups in total. The van der Waals surface area contributed by atoms with Crippen LogP contribution in [0.15, 0.2) is 66.7 Å². The van der Waals surface area contributed by atoms with Crippen molar-refractivity contribution in [1.29, 1.82) is 0 Å². The van der Waals surface area contributed by atoms with Crippen LogP contribution in [0.5, 0.6) is 0 Å². The van der Waals surface area contributed by atoms with Crippen molar-refractivity contribution in [2.75, 3.05) is 19.4 Å². The average molecular weight is 447 g/mol. The average Bonchev–Trinajstić information content (AvgIpc) is 3.34. The maximum Gasteiger partial charge on any atom is 0.257 e. The predicted molar refractivity (Wildman–Crippen MR) is 122 cm³/mol. The Labute approximate surface area is 189 Å². The van der Waals surface area contributed by atoms with Gasteiger partial charge < -0.3 is 10.2 Å². The first-order valence-electron chi connectivity index (χ1n) is 9.70. The van der Waals surface area contributed by atoms with Crippen molar-refractivity contribution < 1.29 is 9.59 Å². The fourth-order valence-electron chi connectivity index (χ4n) is 3.24. The lowest BCUT2D eigenvalue weighted by Crippen LogP contribution is -2.22. The second kappa shape index (κ2) is 8.99. The van der Waals surface area contributed by atoms with Crippen LogP contribution in [0.2, 0.25) is 5.02 Å². The number of aromatic nitrogens is 4. The summed E-state index contributed by atoms with van der Waals surface area (Å²) in [6.45, 7) is 0. The lowest BCUT2D eigenvalue weighted by atomic mass is 9.98. The molecule has 8 nitrogen and oxygen atoms in total. The molecule has 0 aliphatic rings. The van der Waals surface area contributed by atoms with Gasteiger partial charge in [-0.2, -0.15) is 0 Å². The van der Waals surface area contributed by atoms with Gasteiger partial charge >= 0.3 is 0 Å². The van der Waals surface area contributed by atoms with Crippen molar-refractivity contribution in [3.63, 3.8) is 0 Å². The minimum absolute atomic E-state index is 0.175. The Kier molecular flexibility index (Phi) is 5.96. The van der Waals surface area contributed by atoms with Gasteiger partial charge in [-0.05, 0) is 46.3 Å². The van der Waals surface area contributed by atoms with Crippen molar-refractivity contribution in [3.8, 4) is 22.5 Å². The van der Waals surface area contributed by atoms with Crippen molar-refractivity contribution in [2.45, 2.75) is 0 Å². The number of carbonyl (C=O) groups is 2. The molecule has 4 aromatic rings. The van der Waals surface area contributed by atoms with E-state index in [2.05, 4.69) is 25.9 Å². The molecule has 0 bridgehead atoms. The van der Waals surface area contributed by atoms with Gasteiger partial charge in [-0.15, -0.1) is 5.10 Å². The van der Waals surface area contributed by atoms with Crippen molar-refractivity contribution in [2.24, 2.45) is 0 Å². The molecule has 2 amide bonds. The highest BCUT2D eigenvalue weighted by molar-refractivity contribution is 6.34. The van der Waals surface area contributed by atoms with E-state index < -0.39 is 0 Å². The number of benzene rings is 3. The molecule has 1 aromatic heterocycles. The van der Waals surface area contributed by atoms with E-state index in [9.17, 15) is 9.59 Å². The summed E-state index contributed by atoms with van der Waals surface area (Å²) in [7, 11) is 3.35. The van der Waals surface area contributed by atoms with Crippen LogP contribution in [-0.4, -0.2) is 51.4 Å². The Hall–Kier alpha value is -4.04. The number of aromatic amines is 1. The second-order valence-corrected chi connectivity index (χ2v) is 7.63. The molecule has 32 heavy (non-hydrogen) atoms. The first kappa shape index (κ1) is 21.2. The lowest BCUT2D eigenvalue weighted by Gasteiger charge is -2.16. The Bertz CT molecular complexity index is 1290. The molecule has 0 saturated heterocycles. The Morgan fingerprint density at radius 2 is 1.75 bits per heavy atom. The van der Waals surface area contributed by atoms with Crippen LogP contribution in [0.3, 0.4) is 0 Å². The largest absolute Gasteiger partial charge is 0.345 e. The maximum absolute atomic E-state index is 13.0. The molecular weight excluding hydrogens is 428 g/mol. The van der Waals surface area contributed by atoms with E-state index in [0.717, 1.165) is 16.7 Å². The van der Waals surface area contributed by atoms with Crippen LogP contribution >= 0.6 is 11.6 Å². The molecular formula is C23H19ClN6O2. The van der Waals surface area contributed by atoms with E-state index in [1.165, 1.54) is 4.90 Å². The quantitative estimate of drug-likeness (QED) is 0.479. The highest BCUT2D eigenvalue weighted by Gasteiger charge is 2.17. The van der Waals surface area contributed by atoms with Crippen LogP contribution < -0.4 is 5.32 Å². The van der Waals surface area contributed by atoms with Crippen LogP contribution in [0.4, 0.5) is 5.69 Å². The molecule has 0 fully saturated rings. The summed E-state index contributed by atoms with van der Waals surface area (Å²) in [4.78, 5) is 27.0. The molecule has 9 heteroatoms. The number of rotatable bonds is 5. The number of anilines is 1. The molecule has 0 aliphatic heterocycles. The van der Waals surface area contributed by atoms with Gasteiger partial charge in [0.25, 0.3) is 11.8 Å². The number of nitrogens with zero attached hydrogens (tertiary/aromatic N) is 4. The van der Waals surface area contributed by atoms with Gasteiger partial charge in [-0.3, -0.25) is 9.59 Å². The van der Waals surface area contributed by atoms with Gasteiger partial charge in [-0.1, -0.05) is 48.0 Å². The normalized spacial score (nSPS) is 10.6. The minimum atomic E-state index is -0.373. The van der Waals surface area contributed by atoms with Gasteiger partial charge in [0.15, 0.2) is 5.82 Å². The van der Waals surface area contributed by atoms with Crippen LogP contribution in [-0.2, 0) is 0 Å². The van der Waals surface area contributed by atoms with Gasteiger partial charge in [0, 0.05) is 36.5 Å². The zero-order chi connectivity index (χ0) is 22.7. The number of carbonyl (C=O) groups excluding carboxylic acids is 2. The van der Waals surface area contributed by atoms with Gasteiger partial charge in [0.2, 0.25) is 0 Å². The molecule has 0 aliphatic carbocycles. The number of hydrogen-bond donors (Lipinski definition) is 2. The third-order valence-corrected chi connectivity index (χ3v) is 5.16. The SMILES string of the molecule is CN(C)C(=O)c1ccc(-c2cccc(-c3nnn[nH]3)c2)c(NC(=O)c2ccccc2Cl)c1. The Morgan fingerprint density at radius 3 is 2.47 bits per heavy atom. The minimum Gasteiger partial charge on any atom is -0.345 e. The van der Waals surface area contributed by atoms with E-state index in [-0.39, 0.29) is 11.8 Å². The summed E-state index contributed by atoms with van der Waals surface area (Å²) in [5.74, 6) is -0.0268. The van der Waals surface area contributed by atoms with E-state index >= 15 is 0 Å². The Morgan fingerprint density at radius 1 is 0.969 bits per heavy atom. The molecule has 0 spiro atoms. The van der Waals surface area contributed by atoms with Gasteiger partial charge in [0.05, 0.1) is 10.6 Å². The third-order valence-electron chi connectivity index (χ3n) is 4.83. The third kappa shape index (κ3) is 4.35. The van der Waals surface area contributed by atoms with Crippen molar-refractivity contribution in [1.82, 2.24) is 25.5 Å². The summed E-state index contributed by atoms with van der Waals surface area (Å²) >= 11 is 6.20. The predicted octanol–water partition coefficient (Wildman–Crippen LogP) is 4.14. The first-order valence-corrected chi connectivity index (χ1v) is 10.1. The highest BCUT2D eigenvalue weighted by atomic mass is 35.5. The summed E-state index contributed by atoms with van der Waals surface area (Å²) in [6, 6.07) is 19.5. The van der Waals surface area contributed by atoms with Gasteiger partial charge in [-0.25, -0.2) is 5.10 Å². The van der Waals surface area contributed by atoms with E-state index in [0.29, 0.717) is 27.7 Å². The number of amides is 2. The molecule has 0 radical (unpaired) electrons. The number of H-pyrrole nitrogens is 1. The lowest BCUT2D eigenvalue weighted by molar-refractivity contribution is 0.0827. The van der Waals surface area contributed by atoms with E-state index in [4.69, 9.17) is 11.6 Å². The molecule has 0 atom stereocenters. The maximum atomic E-state index is 13.0. The Balaban J connectivity index is 1.78. The standard InChI is InChI=1S/C23H19ClN6O2/c1-30(2)23(32)16-10-11-17(14-6-5-7-15(12-14)21-26-28-29-27-21)20(13-16)25-22(31)18-8-3-4-9-19(18)24/h3-13H,1-2H3,(H,25,31)(H,26,27,28,29). The van der Waals surface area contributed by atoms with Crippen LogP contribution in [0, 0.1) is 0 Å². The molecule has 0 unspecified atom stereocenters. The number of nitrogens with one attached hydrogen (secondary N) is 2. The van der Waals surface area contributed by atoms with Crippen molar-refractivity contribution in [3.05, 3.63) is 82.9 Å². The zero-order valence-electron chi connectivity index (χ0n) is 17.3. The number of halogens is 1.